The Morgan fingerprint density at radius 2 is 2.04 bits per heavy atom. The second-order valence-corrected chi connectivity index (χ2v) is 5.87. The van der Waals surface area contributed by atoms with Crippen LogP contribution in [-0.4, -0.2) is 50.8 Å². The van der Waals surface area contributed by atoms with E-state index in [-0.39, 0.29) is 18.3 Å². The van der Waals surface area contributed by atoms with Crippen LogP contribution < -0.4 is 4.74 Å². The third kappa shape index (κ3) is 4.11. The van der Waals surface area contributed by atoms with Gasteiger partial charge >= 0.3 is 0 Å². The number of ether oxygens (including phenoxy) is 1. The SMILES string of the molecule is O=C(Cn1ccnc1)N1CC[C@H](Oc2ccc(F)cc2)[C@@H](O)CC1. The number of amides is 1. The number of imidazole rings is 1. The van der Waals surface area contributed by atoms with Gasteiger partial charge in [-0.25, -0.2) is 9.37 Å². The van der Waals surface area contributed by atoms with E-state index < -0.39 is 12.2 Å². The van der Waals surface area contributed by atoms with Crippen LogP contribution in [0.15, 0.2) is 43.0 Å². The molecule has 6 nitrogen and oxygen atoms in total. The Bertz CT molecular complexity index is 660. The lowest BCUT2D eigenvalue weighted by molar-refractivity contribution is -0.131. The van der Waals surface area contributed by atoms with Crippen LogP contribution in [0.4, 0.5) is 4.39 Å². The molecule has 3 rings (SSSR count). The standard InChI is InChI=1S/C17H20FN3O3/c18-13-1-3-14(4-2-13)24-16-6-9-21(8-5-15(16)22)17(23)11-20-10-7-19-12-20/h1-4,7,10,12,15-16,22H,5-6,8-9,11H2/t15-,16-/m0/s1. The fraction of sp³-hybridized carbons (Fsp3) is 0.412. The van der Waals surface area contributed by atoms with Gasteiger partial charge in [-0.2, -0.15) is 0 Å². The predicted molar refractivity (Wildman–Crippen MR) is 84.9 cm³/mol. The van der Waals surface area contributed by atoms with Crippen molar-refractivity contribution in [1.82, 2.24) is 14.5 Å². The first-order valence-corrected chi connectivity index (χ1v) is 7.95. The first-order chi connectivity index (χ1) is 11.6. The number of hydrogen-bond acceptors (Lipinski definition) is 4. The van der Waals surface area contributed by atoms with Gasteiger partial charge in [-0.1, -0.05) is 0 Å². The summed E-state index contributed by atoms with van der Waals surface area (Å²) in [6.45, 7) is 1.23. The van der Waals surface area contributed by atoms with Gasteiger partial charge in [-0.15, -0.1) is 0 Å². The van der Waals surface area contributed by atoms with Gasteiger partial charge in [0.2, 0.25) is 5.91 Å². The van der Waals surface area contributed by atoms with E-state index in [1.165, 1.54) is 24.3 Å². The molecule has 2 atom stereocenters. The maximum absolute atomic E-state index is 12.9. The van der Waals surface area contributed by atoms with Crippen molar-refractivity contribution in [3.8, 4) is 5.75 Å². The lowest BCUT2D eigenvalue weighted by atomic mass is 10.1. The summed E-state index contributed by atoms with van der Waals surface area (Å²) in [5, 5.41) is 10.3. The van der Waals surface area contributed by atoms with Crippen LogP contribution in [0.2, 0.25) is 0 Å². The van der Waals surface area contributed by atoms with Gasteiger partial charge in [0.25, 0.3) is 0 Å². The molecule has 1 aliphatic rings. The molecule has 1 saturated heterocycles. The molecular weight excluding hydrogens is 313 g/mol. The van der Waals surface area contributed by atoms with E-state index in [1.807, 2.05) is 0 Å². The third-order valence-electron chi connectivity index (χ3n) is 4.14. The summed E-state index contributed by atoms with van der Waals surface area (Å²) in [6.07, 6.45) is 4.86. The van der Waals surface area contributed by atoms with Crippen molar-refractivity contribution in [3.05, 3.63) is 48.8 Å². The van der Waals surface area contributed by atoms with Crippen molar-refractivity contribution in [3.63, 3.8) is 0 Å². The Balaban J connectivity index is 1.58. The number of rotatable bonds is 4. The summed E-state index contributed by atoms with van der Waals surface area (Å²) in [6, 6.07) is 5.71. The average molecular weight is 333 g/mol. The van der Waals surface area contributed by atoms with Gasteiger partial charge in [-0.05, 0) is 30.7 Å². The van der Waals surface area contributed by atoms with Crippen LogP contribution in [0.3, 0.4) is 0 Å². The number of carbonyl (C=O) groups is 1. The molecule has 0 bridgehead atoms. The first kappa shape index (κ1) is 16.4. The summed E-state index contributed by atoms with van der Waals surface area (Å²) < 4.78 is 20.4. The number of likely N-dealkylation sites (tertiary alicyclic amines) is 1. The van der Waals surface area contributed by atoms with Crippen LogP contribution in [0.25, 0.3) is 0 Å². The Labute approximate surface area is 139 Å². The molecule has 0 aliphatic carbocycles. The van der Waals surface area contributed by atoms with Crippen LogP contribution in [0.5, 0.6) is 5.75 Å². The molecular formula is C17H20FN3O3. The molecule has 2 heterocycles. The van der Waals surface area contributed by atoms with Gasteiger partial charge < -0.3 is 19.3 Å². The smallest absolute Gasteiger partial charge is 0.242 e. The lowest BCUT2D eigenvalue weighted by Gasteiger charge is -2.22. The molecule has 7 heteroatoms. The molecule has 1 amide bonds. The van der Waals surface area contributed by atoms with E-state index in [2.05, 4.69) is 4.98 Å². The molecule has 1 fully saturated rings. The van der Waals surface area contributed by atoms with E-state index in [9.17, 15) is 14.3 Å². The Kier molecular flexibility index (Phi) is 5.10. The highest BCUT2D eigenvalue weighted by molar-refractivity contribution is 5.76. The van der Waals surface area contributed by atoms with Crippen molar-refractivity contribution >= 4 is 5.91 Å². The summed E-state index contributed by atoms with van der Waals surface area (Å²) in [5.74, 6) is 0.168. The molecule has 0 saturated carbocycles. The van der Waals surface area contributed by atoms with Crippen molar-refractivity contribution in [2.24, 2.45) is 0 Å². The summed E-state index contributed by atoms with van der Waals surface area (Å²) >= 11 is 0. The number of aliphatic hydroxyl groups is 1. The highest BCUT2D eigenvalue weighted by Gasteiger charge is 2.28. The second kappa shape index (κ2) is 7.44. The number of nitrogens with zero attached hydrogens (tertiary/aromatic N) is 3. The molecule has 0 spiro atoms. The Morgan fingerprint density at radius 3 is 2.75 bits per heavy atom. The van der Waals surface area contributed by atoms with Gasteiger partial charge in [0.05, 0.1) is 12.4 Å². The van der Waals surface area contributed by atoms with Crippen LogP contribution in [0.1, 0.15) is 12.8 Å². The third-order valence-corrected chi connectivity index (χ3v) is 4.14. The van der Waals surface area contributed by atoms with Gasteiger partial charge in [0.1, 0.15) is 24.2 Å². The molecule has 2 aromatic rings. The van der Waals surface area contributed by atoms with E-state index in [4.69, 9.17) is 4.74 Å². The zero-order chi connectivity index (χ0) is 16.9. The predicted octanol–water partition coefficient (Wildman–Crippen LogP) is 1.45. The highest BCUT2D eigenvalue weighted by Crippen LogP contribution is 2.20. The lowest BCUT2D eigenvalue weighted by Crippen LogP contribution is -2.34. The normalized spacial score (nSPS) is 21.3. The molecule has 1 aromatic carbocycles. The van der Waals surface area contributed by atoms with E-state index in [0.717, 1.165) is 0 Å². The van der Waals surface area contributed by atoms with Gasteiger partial charge in [0.15, 0.2) is 0 Å². The van der Waals surface area contributed by atoms with Gasteiger partial charge in [-0.3, -0.25) is 4.79 Å². The molecule has 1 N–H and O–H groups in total. The number of benzene rings is 1. The largest absolute Gasteiger partial charge is 0.488 e. The summed E-state index contributed by atoms with van der Waals surface area (Å²) in [4.78, 5) is 18.0. The van der Waals surface area contributed by atoms with Crippen molar-refractivity contribution < 1.29 is 19.0 Å². The first-order valence-electron chi connectivity index (χ1n) is 7.95. The zero-order valence-electron chi connectivity index (χ0n) is 13.2. The zero-order valence-corrected chi connectivity index (χ0v) is 13.2. The van der Waals surface area contributed by atoms with E-state index >= 15 is 0 Å². The second-order valence-electron chi connectivity index (χ2n) is 5.87. The molecule has 0 unspecified atom stereocenters. The average Bonchev–Trinajstić information content (AvgIpc) is 3.01. The number of halogens is 1. The molecule has 0 radical (unpaired) electrons. The number of aromatic nitrogens is 2. The maximum Gasteiger partial charge on any atom is 0.242 e. The van der Waals surface area contributed by atoms with Crippen LogP contribution in [-0.2, 0) is 11.3 Å². The Morgan fingerprint density at radius 1 is 1.29 bits per heavy atom. The fourth-order valence-electron chi connectivity index (χ4n) is 2.77. The minimum Gasteiger partial charge on any atom is -0.488 e. The van der Waals surface area contributed by atoms with Crippen molar-refractivity contribution in [2.75, 3.05) is 13.1 Å². The molecule has 1 aromatic heterocycles. The van der Waals surface area contributed by atoms with Crippen molar-refractivity contribution in [1.29, 1.82) is 0 Å². The topological polar surface area (TPSA) is 67.6 Å². The maximum atomic E-state index is 12.9. The van der Waals surface area contributed by atoms with Crippen LogP contribution >= 0.6 is 0 Å². The van der Waals surface area contributed by atoms with E-state index in [0.29, 0.717) is 31.7 Å². The quantitative estimate of drug-likeness (QED) is 0.920. The number of carbonyl (C=O) groups excluding carboxylic acids is 1. The Hall–Kier alpha value is -2.41. The summed E-state index contributed by atoms with van der Waals surface area (Å²) in [7, 11) is 0. The van der Waals surface area contributed by atoms with E-state index in [1.54, 1.807) is 28.2 Å². The molecule has 24 heavy (non-hydrogen) atoms. The molecule has 1 aliphatic heterocycles. The number of hydrogen-bond donors (Lipinski definition) is 1. The van der Waals surface area contributed by atoms with Crippen molar-refractivity contribution in [2.45, 2.75) is 31.6 Å². The number of aliphatic hydroxyl groups excluding tert-OH is 1. The monoisotopic (exact) mass is 333 g/mol. The summed E-state index contributed by atoms with van der Waals surface area (Å²) in [5.41, 5.74) is 0. The van der Waals surface area contributed by atoms with Gasteiger partial charge in [0, 0.05) is 31.9 Å². The minimum absolute atomic E-state index is 0.0115. The fourth-order valence-corrected chi connectivity index (χ4v) is 2.77. The minimum atomic E-state index is -0.666. The highest BCUT2D eigenvalue weighted by atomic mass is 19.1. The van der Waals surface area contributed by atoms with Crippen LogP contribution in [0, 0.1) is 5.82 Å². The molecule has 128 valence electrons.